The van der Waals surface area contributed by atoms with Crippen LogP contribution in [0.2, 0.25) is 5.02 Å². The number of nitrogens with zero attached hydrogens (tertiary/aromatic N) is 2. The molecule has 0 saturated carbocycles. The first kappa shape index (κ1) is 20.8. The third-order valence-electron chi connectivity index (χ3n) is 5.49. The summed E-state index contributed by atoms with van der Waals surface area (Å²) in [6, 6.07) is 3.33. The number of halogens is 1. The SMILES string of the molecule is CC#C[C@H](C)Oc1cc(N)c(Cl)cc1C(=O)NC1C2CN(C)CC1CN(C)C2. The molecule has 0 spiro atoms. The molecule has 6 nitrogen and oxygen atoms in total. The van der Waals surface area contributed by atoms with Crippen molar-refractivity contribution in [3.05, 3.63) is 22.7 Å². The highest BCUT2D eigenvalue weighted by molar-refractivity contribution is 6.33. The number of hydrogen-bond donors (Lipinski definition) is 2. The topological polar surface area (TPSA) is 70.8 Å². The van der Waals surface area contributed by atoms with E-state index in [1.54, 1.807) is 19.1 Å². The maximum Gasteiger partial charge on any atom is 0.255 e. The molecule has 1 aromatic carbocycles. The summed E-state index contributed by atoms with van der Waals surface area (Å²) in [7, 11) is 4.29. The van der Waals surface area contributed by atoms with E-state index in [0.29, 0.717) is 33.9 Å². The monoisotopic (exact) mass is 404 g/mol. The molecule has 2 saturated heterocycles. The van der Waals surface area contributed by atoms with Crippen molar-refractivity contribution in [2.75, 3.05) is 46.0 Å². The Bertz CT molecular complexity index is 774. The van der Waals surface area contributed by atoms with Gasteiger partial charge in [-0.15, -0.1) is 5.92 Å². The van der Waals surface area contributed by atoms with Crippen LogP contribution in [0.5, 0.6) is 5.75 Å². The molecule has 28 heavy (non-hydrogen) atoms. The zero-order valence-corrected chi connectivity index (χ0v) is 17.7. The number of nitrogens with one attached hydrogen (secondary N) is 1. The van der Waals surface area contributed by atoms with Crippen molar-refractivity contribution in [3.8, 4) is 17.6 Å². The molecule has 0 unspecified atom stereocenters. The van der Waals surface area contributed by atoms with E-state index >= 15 is 0 Å². The van der Waals surface area contributed by atoms with Crippen molar-refractivity contribution in [2.24, 2.45) is 11.8 Å². The fourth-order valence-corrected chi connectivity index (χ4v) is 4.60. The number of carbonyl (C=O) groups excluding carboxylic acids is 1. The van der Waals surface area contributed by atoms with Gasteiger partial charge in [-0.1, -0.05) is 17.5 Å². The average molecular weight is 405 g/mol. The predicted molar refractivity (Wildman–Crippen MR) is 113 cm³/mol. The largest absolute Gasteiger partial charge is 0.477 e. The highest BCUT2D eigenvalue weighted by Gasteiger charge is 2.41. The lowest BCUT2D eigenvalue weighted by Crippen LogP contribution is -2.63. The Morgan fingerprint density at radius 2 is 1.82 bits per heavy atom. The summed E-state index contributed by atoms with van der Waals surface area (Å²) in [5, 5.41) is 3.61. The van der Waals surface area contributed by atoms with Gasteiger partial charge in [-0.05, 0) is 34.0 Å². The number of piperidine rings is 2. The van der Waals surface area contributed by atoms with E-state index in [1.807, 2.05) is 6.92 Å². The molecule has 2 bridgehead atoms. The quantitative estimate of drug-likeness (QED) is 0.592. The molecule has 2 fully saturated rings. The molecule has 0 aromatic heterocycles. The van der Waals surface area contributed by atoms with Gasteiger partial charge in [0.2, 0.25) is 0 Å². The first-order chi connectivity index (χ1) is 13.3. The van der Waals surface area contributed by atoms with E-state index in [0.717, 1.165) is 26.2 Å². The standard InChI is InChI=1S/C21H29ClN4O2/c1-5-6-13(2)28-19-8-18(23)17(22)7-16(19)21(27)24-20-14-9-25(3)10-15(20)12-26(4)11-14/h7-8,13-15,20H,9-12,23H2,1-4H3,(H,24,27)/t13-,14?,15?,20?/m0/s1. The van der Waals surface area contributed by atoms with Crippen molar-refractivity contribution in [2.45, 2.75) is 26.0 Å². The van der Waals surface area contributed by atoms with Gasteiger partial charge in [-0.25, -0.2) is 0 Å². The minimum atomic E-state index is -0.353. The molecule has 3 rings (SSSR count). The second kappa shape index (κ2) is 8.60. The summed E-state index contributed by atoms with van der Waals surface area (Å²) >= 11 is 6.20. The third kappa shape index (κ3) is 4.54. The van der Waals surface area contributed by atoms with Crippen LogP contribution in [0, 0.1) is 23.7 Å². The fraction of sp³-hybridized carbons (Fsp3) is 0.571. The highest BCUT2D eigenvalue weighted by atomic mass is 35.5. The van der Waals surface area contributed by atoms with Gasteiger partial charge in [0.25, 0.3) is 5.91 Å². The summed E-state index contributed by atoms with van der Waals surface area (Å²) in [4.78, 5) is 17.9. The Morgan fingerprint density at radius 3 is 2.36 bits per heavy atom. The number of ether oxygens (including phenoxy) is 1. The first-order valence-electron chi connectivity index (χ1n) is 9.64. The Hall–Kier alpha value is -1.94. The van der Waals surface area contributed by atoms with Crippen molar-refractivity contribution in [1.29, 1.82) is 0 Å². The van der Waals surface area contributed by atoms with Crippen LogP contribution in [-0.2, 0) is 0 Å². The van der Waals surface area contributed by atoms with Crippen LogP contribution in [0.1, 0.15) is 24.2 Å². The number of fused-ring (bicyclic) bond motifs is 2. The highest BCUT2D eigenvalue weighted by Crippen LogP contribution is 2.32. The zero-order valence-electron chi connectivity index (χ0n) is 17.0. The molecule has 7 heteroatoms. The van der Waals surface area contributed by atoms with Gasteiger partial charge < -0.3 is 25.6 Å². The number of benzene rings is 1. The Labute approximate surface area is 172 Å². The lowest BCUT2D eigenvalue weighted by Gasteiger charge is -2.49. The number of nitrogen functional groups attached to an aromatic ring is 1. The minimum Gasteiger partial charge on any atom is -0.477 e. The van der Waals surface area contributed by atoms with Gasteiger partial charge in [0.1, 0.15) is 5.75 Å². The molecule has 1 amide bonds. The summed E-state index contributed by atoms with van der Waals surface area (Å²) < 4.78 is 5.87. The Kier molecular flexibility index (Phi) is 6.39. The van der Waals surface area contributed by atoms with Gasteiger partial charge in [-0.2, -0.15) is 0 Å². The van der Waals surface area contributed by atoms with Crippen molar-refractivity contribution >= 4 is 23.2 Å². The number of anilines is 1. The van der Waals surface area contributed by atoms with Crippen LogP contribution >= 0.6 is 11.6 Å². The van der Waals surface area contributed by atoms with Gasteiger partial charge in [-0.3, -0.25) is 4.79 Å². The molecule has 2 aliphatic heterocycles. The maximum absolute atomic E-state index is 13.2. The number of nitrogens with two attached hydrogens (primary N) is 1. The molecule has 0 aliphatic carbocycles. The average Bonchev–Trinajstić information content (AvgIpc) is 2.59. The molecule has 3 N–H and O–H groups in total. The number of hydrogen-bond acceptors (Lipinski definition) is 5. The summed E-state index contributed by atoms with van der Waals surface area (Å²) in [6.07, 6.45) is -0.353. The molecule has 1 aromatic rings. The molecule has 1 atom stereocenters. The summed E-state index contributed by atoms with van der Waals surface area (Å²) in [6.45, 7) is 7.47. The van der Waals surface area contributed by atoms with Crippen LogP contribution in [0.25, 0.3) is 0 Å². The smallest absolute Gasteiger partial charge is 0.255 e. The predicted octanol–water partition coefficient (Wildman–Crippen LogP) is 1.93. The van der Waals surface area contributed by atoms with Crippen LogP contribution in [0.3, 0.4) is 0 Å². The van der Waals surface area contributed by atoms with E-state index in [1.165, 1.54) is 0 Å². The van der Waals surface area contributed by atoms with E-state index in [4.69, 9.17) is 22.1 Å². The lowest BCUT2D eigenvalue weighted by atomic mass is 9.79. The second-order valence-corrected chi connectivity index (χ2v) is 8.39. The molecule has 2 aliphatic rings. The van der Waals surface area contributed by atoms with Crippen LogP contribution in [0.15, 0.2) is 12.1 Å². The number of likely N-dealkylation sites (tertiary alicyclic amines) is 2. The molecular formula is C21H29ClN4O2. The minimum absolute atomic E-state index is 0.136. The zero-order chi connectivity index (χ0) is 20.4. The summed E-state index contributed by atoms with van der Waals surface area (Å²) in [5.41, 5.74) is 6.71. The Morgan fingerprint density at radius 1 is 1.25 bits per heavy atom. The van der Waals surface area contributed by atoms with Crippen LogP contribution < -0.4 is 15.8 Å². The van der Waals surface area contributed by atoms with E-state index in [2.05, 4.69) is 41.1 Å². The molecule has 2 heterocycles. The van der Waals surface area contributed by atoms with E-state index < -0.39 is 0 Å². The van der Waals surface area contributed by atoms with Gasteiger partial charge in [0.15, 0.2) is 6.10 Å². The molecular weight excluding hydrogens is 376 g/mol. The summed E-state index contributed by atoms with van der Waals surface area (Å²) in [5.74, 6) is 6.77. The molecule has 0 radical (unpaired) electrons. The lowest BCUT2D eigenvalue weighted by molar-refractivity contribution is 0.0202. The number of amides is 1. The van der Waals surface area contributed by atoms with Crippen molar-refractivity contribution in [1.82, 2.24) is 15.1 Å². The van der Waals surface area contributed by atoms with Gasteiger partial charge in [0.05, 0.1) is 16.3 Å². The molecule has 152 valence electrons. The second-order valence-electron chi connectivity index (χ2n) is 7.99. The number of carbonyl (C=O) groups is 1. The van der Waals surface area contributed by atoms with Crippen LogP contribution in [-0.4, -0.2) is 68.1 Å². The van der Waals surface area contributed by atoms with Gasteiger partial charge >= 0.3 is 0 Å². The first-order valence-corrected chi connectivity index (χ1v) is 10.0. The van der Waals surface area contributed by atoms with Crippen molar-refractivity contribution < 1.29 is 9.53 Å². The van der Waals surface area contributed by atoms with Crippen LogP contribution in [0.4, 0.5) is 5.69 Å². The van der Waals surface area contributed by atoms with E-state index in [9.17, 15) is 4.79 Å². The number of rotatable bonds is 4. The van der Waals surface area contributed by atoms with Crippen molar-refractivity contribution in [3.63, 3.8) is 0 Å². The maximum atomic E-state index is 13.2. The fourth-order valence-electron chi connectivity index (χ4n) is 4.44. The van der Waals surface area contributed by atoms with Gasteiger partial charge in [0, 0.05) is 50.1 Å². The normalized spacial score (nSPS) is 26.1. The Balaban J connectivity index is 1.83. The van der Waals surface area contributed by atoms with E-state index in [-0.39, 0.29) is 18.1 Å². The third-order valence-corrected chi connectivity index (χ3v) is 5.82.